The van der Waals surface area contributed by atoms with E-state index in [2.05, 4.69) is 27.6 Å². The Morgan fingerprint density at radius 1 is 1.25 bits per heavy atom. The second-order valence-corrected chi connectivity index (χ2v) is 4.94. The summed E-state index contributed by atoms with van der Waals surface area (Å²) in [5.74, 6) is 1.09. The zero-order chi connectivity index (χ0) is 13.4. The van der Waals surface area contributed by atoms with E-state index in [4.69, 9.17) is 14.0 Å². The summed E-state index contributed by atoms with van der Waals surface area (Å²) in [7, 11) is 0. The smallest absolute Gasteiger partial charge is 0.258 e. The van der Waals surface area contributed by atoms with Crippen molar-refractivity contribution in [2.45, 2.75) is 12.5 Å². The zero-order valence-corrected chi connectivity index (χ0v) is 11.0. The van der Waals surface area contributed by atoms with Crippen LogP contribution in [-0.2, 0) is 15.9 Å². The van der Waals surface area contributed by atoms with Crippen molar-refractivity contribution in [1.82, 2.24) is 10.1 Å². The third-order valence-electron chi connectivity index (χ3n) is 3.61. The Balaban J connectivity index is 1.61. The van der Waals surface area contributed by atoms with E-state index < -0.39 is 0 Å². The van der Waals surface area contributed by atoms with Gasteiger partial charge in [-0.1, -0.05) is 5.16 Å². The van der Waals surface area contributed by atoms with Crippen LogP contribution in [0, 0.1) is 0 Å². The number of rotatable bonds is 2. The number of hydrogen-bond donors (Lipinski definition) is 1. The standard InChI is InChI=1S/C14H15N3O3/c1-2-11-9(3-4-15-11)7-10(1)14-16-13(17-20-14)12-8-18-5-6-19-12/h1-2,7,12,15H,3-6,8H2. The van der Waals surface area contributed by atoms with Gasteiger partial charge in [-0.05, 0) is 30.2 Å². The molecular formula is C14H15N3O3. The maximum absolute atomic E-state index is 5.57. The molecule has 0 saturated carbocycles. The predicted octanol–water partition coefficient (Wildman–Crippen LogP) is 1.79. The lowest BCUT2D eigenvalue weighted by molar-refractivity contribution is -0.0941. The first kappa shape index (κ1) is 11.9. The van der Waals surface area contributed by atoms with E-state index in [1.807, 2.05) is 6.07 Å². The number of nitrogens with zero attached hydrogens (tertiary/aromatic N) is 2. The van der Waals surface area contributed by atoms with Crippen molar-refractivity contribution >= 4 is 5.69 Å². The molecule has 1 aromatic carbocycles. The highest BCUT2D eigenvalue weighted by Crippen LogP contribution is 2.28. The molecule has 6 heteroatoms. The molecule has 1 saturated heterocycles. The average molecular weight is 273 g/mol. The van der Waals surface area contributed by atoms with Crippen molar-refractivity contribution in [3.05, 3.63) is 29.6 Å². The molecule has 0 spiro atoms. The van der Waals surface area contributed by atoms with E-state index in [9.17, 15) is 0 Å². The fraction of sp³-hybridized carbons (Fsp3) is 0.429. The van der Waals surface area contributed by atoms with Crippen molar-refractivity contribution in [1.29, 1.82) is 0 Å². The van der Waals surface area contributed by atoms with Crippen molar-refractivity contribution in [2.24, 2.45) is 0 Å². The minimum absolute atomic E-state index is 0.225. The molecule has 0 amide bonds. The normalized spacial score (nSPS) is 21.5. The van der Waals surface area contributed by atoms with E-state index in [1.165, 1.54) is 11.3 Å². The Kier molecular flexibility index (Phi) is 2.90. The van der Waals surface area contributed by atoms with E-state index in [-0.39, 0.29) is 6.10 Å². The van der Waals surface area contributed by atoms with Gasteiger partial charge in [0.2, 0.25) is 5.82 Å². The summed E-state index contributed by atoms with van der Waals surface area (Å²) in [6.45, 7) is 2.66. The van der Waals surface area contributed by atoms with Gasteiger partial charge in [-0.3, -0.25) is 0 Å². The lowest BCUT2D eigenvalue weighted by Crippen LogP contribution is -2.22. The van der Waals surface area contributed by atoms with Crippen LogP contribution in [0.3, 0.4) is 0 Å². The first-order valence-corrected chi connectivity index (χ1v) is 6.80. The summed E-state index contributed by atoms with van der Waals surface area (Å²) < 4.78 is 16.3. The van der Waals surface area contributed by atoms with Gasteiger partial charge in [-0.15, -0.1) is 0 Å². The van der Waals surface area contributed by atoms with Crippen LogP contribution in [0.2, 0.25) is 0 Å². The Morgan fingerprint density at radius 3 is 3.15 bits per heavy atom. The summed E-state index contributed by atoms with van der Waals surface area (Å²) in [5, 5.41) is 7.34. The van der Waals surface area contributed by atoms with Gasteiger partial charge in [-0.25, -0.2) is 0 Å². The second-order valence-electron chi connectivity index (χ2n) is 4.94. The van der Waals surface area contributed by atoms with Gasteiger partial charge >= 0.3 is 0 Å². The summed E-state index contributed by atoms with van der Waals surface area (Å²) in [5.41, 5.74) is 3.43. The Bertz CT molecular complexity index is 620. The molecule has 0 radical (unpaired) electrons. The van der Waals surface area contributed by atoms with Crippen LogP contribution in [-0.4, -0.2) is 36.5 Å². The third kappa shape index (κ3) is 2.07. The number of aromatic nitrogens is 2. The topological polar surface area (TPSA) is 69.4 Å². The number of benzene rings is 1. The van der Waals surface area contributed by atoms with Gasteiger partial charge in [0.05, 0.1) is 19.8 Å². The molecule has 2 aliphatic heterocycles. The maximum Gasteiger partial charge on any atom is 0.258 e. The highest BCUT2D eigenvalue weighted by atomic mass is 16.6. The summed E-state index contributed by atoms with van der Waals surface area (Å²) in [6, 6.07) is 6.15. The average Bonchev–Trinajstić information content (AvgIpc) is 3.16. The van der Waals surface area contributed by atoms with Crippen LogP contribution in [0.25, 0.3) is 11.5 Å². The molecule has 1 atom stereocenters. The summed E-state index contributed by atoms with van der Waals surface area (Å²) in [4.78, 5) is 4.43. The van der Waals surface area contributed by atoms with Crippen LogP contribution in [0.15, 0.2) is 22.7 Å². The van der Waals surface area contributed by atoms with Gasteiger partial charge in [-0.2, -0.15) is 4.98 Å². The molecule has 0 aliphatic carbocycles. The van der Waals surface area contributed by atoms with Gasteiger partial charge in [0.25, 0.3) is 5.89 Å². The molecule has 1 unspecified atom stereocenters. The van der Waals surface area contributed by atoms with Crippen LogP contribution in [0.1, 0.15) is 17.5 Å². The highest BCUT2D eigenvalue weighted by molar-refractivity contribution is 5.64. The van der Waals surface area contributed by atoms with Gasteiger partial charge in [0.15, 0.2) is 0 Å². The molecule has 1 N–H and O–H groups in total. The van der Waals surface area contributed by atoms with E-state index in [0.29, 0.717) is 31.5 Å². The van der Waals surface area contributed by atoms with Gasteiger partial charge < -0.3 is 19.3 Å². The van der Waals surface area contributed by atoms with Crippen LogP contribution in [0.5, 0.6) is 0 Å². The molecule has 20 heavy (non-hydrogen) atoms. The van der Waals surface area contributed by atoms with Crippen LogP contribution < -0.4 is 5.32 Å². The first-order chi connectivity index (χ1) is 9.90. The molecule has 1 aromatic heterocycles. The number of ether oxygens (including phenoxy) is 2. The van der Waals surface area contributed by atoms with Crippen molar-refractivity contribution in [2.75, 3.05) is 31.7 Å². The number of fused-ring (bicyclic) bond motifs is 1. The van der Waals surface area contributed by atoms with Crippen molar-refractivity contribution < 1.29 is 14.0 Å². The fourth-order valence-electron chi connectivity index (χ4n) is 2.56. The minimum atomic E-state index is -0.225. The lowest BCUT2D eigenvalue weighted by Gasteiger charge is -2.19. The van der Waals surface area contributed by atoms with Crippen molar-refractivity contribution in [3.8, 4) is 11.5 Å². The number of nitrogens with one attached hydrogen (secondary N) is 1. The van der Waals surface area contributed by atoms with Crippen molar-refractivity contribution in [3.63, 3.8) is 0 Å². The molecule has 3 heterocycles. The van der Waals surface area contributed by atoms with E-state index in [1.54, 1.807) is 0 Å². The predicted molar refractivity (Wildman–Crippen MR) is 71.4 cm³/mol. The monoisotopic (exact) mass is 273 g/mol. The SMILES string of the molecule is c1cc2c(cc1-c1nc(C3COCCO3)no1)CCN2. The quantitative estimate of drug-likeness (QED) is 0.899. The van der Waals surface area contributed by atoms with Gasteiger partial charge in [0.1, 0.15) is 6.10 Å². The maximum atomic E-state index is 5.57. The Hall–Kier alpha value is -1.92. The Morgan fingerprint density at radius 2 is 2.25 bits per heavy atom. The molecule has 1 fully saturated rings. The summed E-state index contributed by atoms with van der Waals surface area (Å²) >= 11 is 0. The van der Waals surface area contributed by atoms with Gasteiger partial charge in [0, 0.05) is 17.8 Å². The largest absolute Gasteiger partial charge is 0.384 e. The lowest BCUT2D eigenvalue weighted by atomic mass is 10.1. The number of anilines is 1. The van der Waals surface area contributed by atoms with Crippen LogP contribution >= 0.6 is 0 Å². The fourth-order valence-corrected chi connectivity index (χ4v) is 2.56. The highest BCUT2D eigenvalue weighted by Gasteiger charge is 2.23. The molecule has 104 valence electrons. The molecular weight excluding hydrogens is 258 g/mol. The zero-order valence-electron chi connectivity index (χ0n) is 11.0. The molecule has 0 bridgehead atoms. The first-order valence-electron chi connectivity index (χ1n) is 6.80. The molecule has 4 rings (SSSR count). The molecule has 2 aliphatic rings. The second kappa shape index (κ2) is 4.88. The van der Waals surface area contributed by atoms with E-state index >= 15 is 0 Å². The summed E-state index contributed by atoms with van der Waals surface area (Å²) in [6.07, 6.45) is 0.807. The number of hydrogen-bond acceptors (Lipinski definition) is 6. The Labute approximate surface area is 116 Å². The molecule has 6 nitrogen and oxygen atoms in total. The van der Waals surface area contributed by atoms with Crippen LogP contribution in [0.4, 0.5) is 5.69 Å². The third-order valence-corrected chi connectivity index (χ3v) is 3.61. The molecule has 2 aromatic rings. The minimum Gasteiger partial charge on any atom is -0.384 e. The van der Waals surface area contributed by atoms with E-state index in [0.717, 1.165) is 18.5 Å².